The van der Waals surface area contributed by atoms with Crippen molar-refractivity contribution in [1.29, 1.82) is 0 Å². The monoisotopic (exact) mass is 576 g/mol. The molecule has 1 aliphatic carbocycles. The van der Waals surface area contributed by atoms with Gasteiger partial charge in [-0.05, 0) is 94.0 Å². The molecule has 45 heavy (non-hydrogen) atoms. The first-order chi connectivity index (χ1) is 22.3. The third kappa shape index (κ3) is 4.26. The molecule has 8 aromatic rings. The summed E-state index contributed by atoms with van der Waals surface area (Å²) in [7, 11) is 0. The lowest BCUT2D eigenvalue weighted by atomic mass is 9.91. The minimum absolute atomic E-state index is 0.854. The number of hydrogen-bond donors (Lipinski definition) is 0. The Morgan fingerprint density at radius 2 is 1.36 bits per heavy atom. The van der Waals surface area contributed by atoms with E-state index in [4.69, 9.17) is 4.98 Å². The van der Waals surface area contributed by atoms with Gasteiger partial charge in [-0.25, -0.2) is 4.98 Å². The fourth-order valence-corrected chi connectivity index (χ4v) is 6.94. The van der Waals surface area contributed by atoms with Gasteiger partial charge >= 0.3 is 0 Å². The van der Waals surface area contributed by atoms with Gasteiger partial charge in [0.15, 0.2) is 0 Å². The van der Waals surface area contributed by atoms with Crippen LogP contribution in [0.3, 0.4) is 0 Å². The molecule has 4 aromatic heterocycles. The Balaban J connectivity index is 1.24. The van der Waals surface area contributed by atoms with E-state index in [0.29, 0.717) is 0 Å². The van der Waals surface area contributed by atoms with Crippen LogP contribution >= 0.6 is 0 Å². The van der Waals surface area contributed by atoms with E-state index in [1.807, 2.05) is 36.8 Å². The van der Waals surface area contributed by atoms with Crippen LogP contribution in [0, 0.1) is 0 Å². The molecule has 0 N–H and O–H groups in total. The predicted octanol–water partition coefficient (Wildman–Crippen LogP) is 10.1. The molecule has 0 unspecified atom stereocenters. The molecule has 0 amide bonds. The van der Waals surface area contributed by atoms with Crippen LogP contribution in [0.25, 0.3) is 78.0 Å². The number of allylic oxidation sites excluding steroid dienone is 1. The summed E-state index contributed by atoms with van der Waals surface area (Å²) in [4.78, 5) is 14.3. The van der Waals surface area contributed by atoms with Crippen molar-refractivity contribution in [2.24, 2.45) is 0 Å². The Morgan fingerprint density at radius 3 is 2.13 bits per heavy atom. The Hall–Kier alpha value is -5.87. The third-order valence-corrected chi connectivity index (χ3v) is 8.98. The van der Waals surface area contributed by atoms with E-state index in [2.05, 4.69) is 124 Å². The van der Waals surface area contributed by atoms with Gasteiger partial charge in [-0.15, -0.1) is 0 Å². The zero-order valence-corrected chi connectivity index (χ0v) is 24.6. The molecule has 0 saturated heterocycles. The third-order valence-electron chi connectivity index (χ3n) is 8.98. The first-order valence-electron chi connectivity index (χ1n) is 15.4. The van der Waals surface area contributed by atoms with Crippen molar-refractivity contribution in [2.75, 3.05) is 0 Å². The van der Waals surface area contributed by atoms with Crippen molar-refractivity contribution >= 4 is 38.5 Å². The summed E-state index contributed by atoms with van der Waals surface area (Å²) in [5.74, 6) is 0. The van der Waals surface area contributed by atoms with E-state index in [0.717, 1.165) is 52.3 Å². The number of nitrogens with zero attached hydrogens (tertiary/aromatic N) is 4. The molecule has 9 rings (SSSR count). The number of rotatable bonds is 4. The summed E-state index contributed by atoms with van der Waals surface area (Å²) in [5.41, 5.74) is 10.9. The first-order valence-corrected chi connectivity index (χ1v) is 15.4. The molecule has 0 atom stereocenters. The second-order valence-electron chi connectivity index (χ2n) is 11.6. The van der Waals surface area contributed by atoms with E-state index < -0.39 is 0 Å². The van der Waals surface area contributed by atoms with Gasteiger partial charge in [-0.1, -0.05) is 78.9 Å². The average molecular weight is 577 g/mol. The highest BCUT2D eigenvalue weighted by molar-refractivity contribution is 6.13. The van der Waals surface area contributed by atoms with Crippen molar-refractivity contribution in [2.45, 2.75) is 12.8 Å². The van der Waals surface area contributed by atoms with Gasteiger partial charge in [-0.3, -0.25) is 9.97 Å². The number of aromatic nitrogens is 4. The molecular formula is C41H28N4. The molecule has 4 nitrogen and oxygen atoms in total. The zero-order valence-electron chi connectivity index (χ0n) is 24.6. The smallest absolute Gasteiger partial charge is 0.0899 e. The second kappa shape index (κ2) is 10.4. The summed E-state index contributed by atoms with van der Waals surface area (Å²) in [6.45, 7) is 0. The number of pyridine rings is 3. The van der Waals surface area contributed by atoms with Gasteiger partial charge < -0.3 is 4.57 Å². The molecular weight excluding hydrogens is 548 g/mol. The summed E-state index contributed by atoms with van der Waals surface area (Å²) >= 11 is 0. The lowest BCUT2D eigenvalue weighted by molar-refractivity contribution is 0.888. The second-order valence-corrected chi connectivity index (χ2v) is 11.6. The van der Waals surface area contributed by atoms with Crippen molar-refractivity contribution < 1.29 is 0 Å². The Morgan fingerprint density at radius 1 is 0.600 bits per heavy atom. The van der Waals surface area contributed by atoms with Gasteiger partial charge in [-0.2, -0.15) is 0 Å². The Labute approximate surface area is 261 Å². The molecule has 0 bridgehead atoms. The molecule has 4 heterocycles. The van der Waals surface area contributed by atoms with E-state index in [1.54, 1.807) is 0 Å². The quantitative estimate of drug-likeness (QED) is 0.196. The van der Waals surface area contributed by atoms with Crippen LogP contribution in [-0.2, 0) is 6.42 Å². The summed E-state index contributed by atoms with van der Waals surface area (Å²) < 4.78 is 2.37. The maximum absolute atomic E-state index is 5.18. The zero-order chi connectivity index (χ0) is 29.7. The lowest BCUT2D eigenvalue weighted by Crippen LogP contribution is -2.03. The highest BCUT2D eigenvalue weighted by Crippen LogP contribution is 2.39. The fraction of sp³-hybridized carbons (Fsp3) is 0.0488. The van der Waals surface area contributed by atoms with Gasteiger partial charge in [0.05, 0.1) is 28.8 Å². The maximum Gasteiger partial charge on any atom is 0.0899 e. The normalized spacial score (nSPS) is 12.6. The largest absolute Gasteiger partial charge is 0.311 e. The average Bonchev–Trinajstić information content (AvgIpc) is 3.45. The van der Waals surface area contributed by atoms with Crippen LogP contribution in [0.15, 0.2) is 140 Å². The standard InChI is InChI=1S/C41H28N4/c1-3-11-32-28(9-1)23-29-10-2-4-12-33(29)41(32)30-24-37(44-38(25-30)36-14-7-8-21-43-36)27-16-18-31(19-17-27)45-39-15-6-5-13-34(39)35-20-22-42-26-40(35)45/h1-5,7-14,16-26H,6,15H2. The minimum atomic E-state index is 0.854. The first kappa shape index (κ1) is 25.6. The van der Waals surface area contributed by atoms with Gasteiger partial charge in [0.25, 0.3) is 0 Å². The topological polar surface area (TPSA) is 43.6 Å². The molecule has 0 radical (unpaired) electrons. The molecule has 4 heteroatoms. The van der Waals surface area contributed by atoms with E-state index in [-0.39, 0.29) is 0 Å². The fourth-order valence-electron chi connectivity index (χ4n) is 6.94. The number of benzene rings is 4. The molecule has 0 fully saturated rings. The van der Waals surface area contributed by atoms with Gasteiger partial charge in [0.1, 0.15) is 0 Å². The lowest BCUT2D eigenvalue weighted by Gasteiger charge is -2.16. The minimum Gasteiger partial charge on any atom is -0.311 e. The summed E-state index contributed by atoms with van der Waals surface area (Å²) in [5, 5.41) is 6.14. The SMILES string of the molecule is C1=Cc2c(n(-c3ccc(-c4cc(-c5c6ccccc6cc6ccccc56)cc(-c5ccccn5)n4)cc3)c3cnccc23)CC1. The van der Waals surface area contributed by atoms with E-state index in [1.165, 1.54) is 43.8 Å². The Kier molecular flexibility index (Phi) is 5.91. The van der Waals surface area contributed by atoms with Crippen molar-refractivity contribution in [3.63, 3.8) is 0 Å². The van der Waals surface area contributed by atoms with E-state index >= 15 is 0 Å². The highest BCUT2D eigenvalue weighted by Gasteiger charge is 2.19. The molecule has 0 saturated carbocycles. The van der Waals surface area contributed by atoms with Crippen molar-refractivity contribution in [3.8, 4) is 39.5 Å². The van der Waals surface area contributed by atoms with Gasteiger partial charge in [0.2, 0.25) is 0 Å². The molecule has 212 valence electrons. The van der Waals surface area contributed by atoms with Crippen LogP contribution in [0.5, 0.6) is 0 Å². The molecule has 4 aromatic carbocycles. The summed E-state index contributed by atoms with van der Waals surface area (Å²) in [6.07, 6.45) is 12.3. The molecule has 0 aliphatic heterocycles. The number of hydrogen-bond acceptors (Lipinski definition) is 3. The van der Waals surface area contributed by atoms with Crippen LogP contribution in [-0.4, -0.2) is 19.5 Å². The van der Waals surface area contributed by atoms with Crippen molar-refractivity contribution in [1.82, 2.24) is 19.5 Å². The van der Waals surface area contributed by atoms with Crippen molar-refractivity contribution in [3.05, 3.63) is 151 Å². The van der Waals surface area contributed by atoms with Crippen LogP contribution in [0.2, 0.25) is 0 Å². The highest BCUT2D eigenvalue weighted by atomic mass is 15.0. The van der Waals surface area contributed by atoms with E-state index in [9.17, 15) is 0 Å². The van der Waals surface area contributed by atoms with Gasteiger partial charge in [0, 0.05) is 40.3 Å². The Bertz CT molecular complexity index is 2360. The number of fused-ring (bicyclic) bond motifs is 5. The summed E-state index contributed by atoms with van der Waals surface area (Å²) in [6, 6.07) is 40.9. The van der Waals surface area contributed by atoms with Crippen LogP contribution in [0.1, 0.15) is 17.7 Å². The van der Waals surface area contributed by atoms with Crippen LogP contribution < -0.4 is 0 Å². The maximum atomic E-state index is 5.18. The molecule has 1 aliphatic rings. The predicted molar refractivity (Wildman–Crippen MR) is 185 cm³/mol. The molecule has 0 spiro atoms. The van der Waals surface area contributed by atoms with Crippen LogP contribution in [0.4, 0.5) is 0 Å².